The summed E-state index contributed by atoms with van der Waals surface area (Å²) in [4.78, 5) is 10.5. The van der Waals surface area contributed by atoms with E-state index in [9.17, 15) is 10.1 Å². The van der Waals surface area contributed by atoms with Crippen molar-refractivity contribution in [1.29, 1.82) is 0 Å². The number of likely N-dealkylation sites (N-methyl/N-ethyl adjacent to an activating group) is 1. The van der Waals surface area contributed by atoms with Crippen LogP contribution in [0.3, 0.4) is 0 Å². The summed E-state index contributed by atoms with van der Waals surface area (Å²) in [6, 6.07) is 3.26. The van der Waals surface area contributed by atoms with Gasteiger partial charge in [-0.2, -0.15) is 0 Å². The van der Waals surface area contributed by atoms with Crippen molar-refractivity contribution in [3.8, 4) is 5.75 Å². The van der Waals surface area contributed by atoms with Crippen LogP contribution in [0.2, 0.25) is 0 Å². The summed E-state index contributed by atoms with van der Waals surface area (Å²) in [5.74, 6) is 0.344. The number of hydrogen-bond acceptors (Lipinski definition) is 4. The number of nitrogens with one attached hydrogen (secondary N) is 1. The third-order valence-electron chi connectivity index (χ3n) is 2.19. The Labute approximate surface area is 108 Å². The molecule has 0 aliphatic rings. The standard InChI is InChI=1S/C11H15BrN2O3/c1-3-13-4-5-17-11-8(2)6-9(12)7-10(11)14(15)16/h6-7,13H,3-5H2,1-2H3. The maximum Gasteiger partial charge on any atom is 0.312 e. The SMILES string of the molecule is CCNCCOc1c(C)cc(Br)cc1[N+](=O)[O-]. The molecule has 1 N–H and O–H groups in total. The van der Waals surface area contributed by atoms with Crippen LogP contribution in [0, 0.1) is 17.0 Å². The summed E-state index contributed by atoms with van der Waals surface area (Å²) >= 11 is 3.24. The molecule has 6 heteroatoms. The van der Waals surface area contributed by atoms with Gasteiger partial charge in [0, 0.05) is 17.1 Å². The van der Waals surface area contributed by atoms with Gasteiger partial charge in [-0.3, -0.25) is 10.1 Å². The molecule has 0 unspecified atom stereocenters. The molecule has 0 amide bonds. The van der Waals surface area contributed by atoms with Crippen LogP contribution in [0.15, 0.2) is 16.6 Å². The van der Waals surface area contributed by atoms with Crippen molar-refractivity contribution >= 4 is 21.6 Å². The van der Waals surface area contributed by atoms with Crippen LogP contribution in [-0.2, 0) is 0 Å². The molecule has 0 heterocycles. The van der Waals surface area contributed by atoms with E-state index in [0.717, 1.165) is 12.1 Å². The van der Waals surface area contributed by atoms with Crippen LogP contribution < -0.4 is 10.1 Å². The monoisotopic (exact) mass is 302 g/mol. The Bertz CT molecular complexity index is 410. The molecule has 0 saturated carbocycles. The first-order valence-corrected chi connectivity index (χ1v) is 6.13. The summed E-state index contributed by atoms with van der Waals surface area (Å²) in [5.41, 5.74) is 0.746. The van der Waals surface area contributed by atoms with E-state index in [4.69, 9.17) is 4.74 Å². The Morgan fingerprint density at radius 1 is 1.53 bits per heavy atom. The average Bonchev–Trinajstić information content (AvgIpc) is 2.25. The van der Waals surface area contributed by atoms with Gasteiger partial charge in [-0.05, 0) is 25.1 Å². The van der Waals surface area contributed by atoms with Gasteiger partial charge in [0.2, 0.25) is 0 Å². The lowest BCUT2D eigenvalue weighted by atomic mass is 10.2. The number of rotatable bonds is 6. The normalized spacial score (nSPS) is 10.3. The van der Waals surface area contributed by atoms with E-state index >= 15 is 0 Å². The lowest BCUT2D eigenvalue weighted by Gasteiger charge is -2.10. The molecule has 0 fully saturated rings. The third kappa shape index (κ3) is 3.98. The van der Waals surface area contributed by atoms with Crippen molar-refractivity contribution in [3.63, 3.8) is 0 Å². The molecule has 0 atom stereocenters. The second kappa shape index (κ2) is 6.56. The second-order valence-electron chi connectivity index (χ2n) is 3.53. The molecule has 0 radical (unpaired) electrons. The van der Waals surface area contributed by atoms with Gasteiger partial charge in [0.1, 0.15) is 6.61 Å². The minimum atomic E-state index is -0.430. The zero-order valence-corrected chi connectivity index (χ0v) is 11.4. The molecule has 0 spiro atoms. The van der Waals surface area contributed by atoms with E-state index < -0.39 is 4.92 Å². The average molecular weight is 303 g/mol. The number of ether oxygens (including phenoxy) is 1. The molecule has 94 valence electrons. The smallest absolute Gasteiger partial charge is 0.312 e. The minimum absolute atomic E-state index is 0.00614. The van der Waals surface area contributed by atoms with Crippen molar-refractivity contribution in [2.75, 3.05) is 19.7 Å². The van der Waals surface area contributed by atoms with Crippen molar-refractivity contribution in [2.45, 2.75) is 13.8 Å². The molecular formula is C11H15BrN2O3. The summed E-state index contributed by atoms with van der Waals surface area (Å²) in [5, 5.41) is 14.0. The molecular weight excluding hydrogens is 288 g/mol. The van der Waals surface area contributed by atoms with Crippen LogP contribution in [0.1, 0.15) is 12.5 Å². The summed E-state index contributed by atoms with van der Waals surface area (Å²) in [7, 11) is 0. The number of nitrogens with zero attached hydrogens (tertiary/aromatic N) is 1. The van der Waals surface area contributed by atoms with E-state index in [2.05, 4.69) is 21.2 Å². The molecule has 0 aromatic heterocycles. The Morgan fingerprint density at radius 3 is 2.82 bits per heavy atom. The predicted octanol–water partition coefficient (Wildman–Crippen LogP) is 2.65. The van der Waals surface area contributed by atoms with Gasteiger partial charge in [-0.25, -0.2) is 0 Å². The van der Waals surface area contributed by atoms with E-state index in [1.54, 1.807) is 13.0 Å². The van der Waals surface area contributed by atoms with E-state index in [-0.39, 0.29) is 5.69 Å². The zero-order valence-electron chi connectivity index (χ0n) is 9.83. The Kier molecular flexibility index (Phi) is 5.37. The Morgan fingerprint density at radius 2 is 2.24 bits per heavy atom. The topological polar surface area (TPSA) is 64.4 Å². The molecule has 0 bridgehead atoms. The van der Waals surface area contributed by atoms with E-state index in [1.807, 2.05) is 6.92 Å². The molecule has 1 rings (SSSR count). The highest BCUT2D eigenvalue weighted by molar-refractivity contribution is 9.10. The number of aryl methyl sites for hydroxylation is 1. The first-order chi connectivity index (χ1) is 8.06. The number of nitro benzene ring substituents is 1. The van der Waals surface area contributed by atoms with Crippen LogP contribution in [-0.4, -0.2) is 24.6 Å². The van der Waals surface area contributed by atoms with Crippen LogP contribution in [0.5, 0.6) is 5.75 Å². The highest BCUT2D eigenvalue weighted by atomic mass is 79.9. The quantitative estimate of drug-likeness (QED) is 0.498. The van der Waals surface area contributed by atoms with Gasteiger partial charge < -0.3 is 10.1 Å². The molecule has 0 saturated heterocycles. The summed E-state index contributed by atoms with van der Waals surface area (Å²) in [6.45, 7) is 5.72. The minimum Gasteiger partial charge on any atom is -0.485 e. The van der Waals surface area contributed by atoms with Crippen molar-refractivity contribution in [2.24, 2.45) is 0 Å². The zero-order chi connectivity index (χ0) is 12.8. The largest absolute Gasteiger partial charge is 0.485 e. The summed E-state index contributed by atoms with van der Waals surface area (Å²) in [6.07, 6.45) is 0. The number of halogens is 1. The lowest BCUT2D eigenvalue weighted by Crippen LogP contribution is -2.20. The van der Waals surface area contributed by atoms with Crippen LogP contribution in [0.4, 0.5) is 5.69 Å². The maximum atomic E-state index is 10.9. The fourth-order valence-corrected chi connectivity index (χ4v) is 2.00. The highest BCUT2D eigenvalue weighted by Gasteiger charge is 2.18. The molecule has 5 nitrogen and oxygen atoms in total. The Balaban J connectivity index is 2.85. The predicted molar refractivity (Wildman–Crippen MR) is 69.6 cm³/mol. The van der Waals surface area contributed by atoms with Crippen molar-refractivity contribution < 1.29 is 9.66 Å². The van der Waals surface area contributed by atoms with Gasteiger partial charge in [-0.1, -0.05) is 22.9 Å². The van der Waals surface area contributed by atoms with Gasteiger partial charge in [0.25, 0.3) is 0 Å². The molecule has 17 heavy (non-hydrogen) atoms. The fourth-order valence-electron chi connectivity index (χ4n) is 1.44. The molecule has 0 aliphatic heterocycles. The third-order valence-corrected chi connectivity index (χ3v) is 2.65. The van der Waals surface area contributed by atoms with Gasteiger partial charge >= 0.3 is 5.69 Å². The first-order valence-electron chi connectivity index (χ1n) is 5.34. The highest BCUT2D eigenvalue weighted by Crippen LogP contribution is 2.33. The van der Waals surface area contributed by atoms with E-state index in [0.29, 0.717) is 23.4 Å². The lowest BCUT2D eigenvalue weighted by molar-refractivity contribution is -0.386. The van der Waals surface area contributed by atoms with Gasteiger partial charge in [0.05, 0.1) is 4.92 Å². The van der Waals surface area contributed by atoms with Gasteiger partial charge in [0.15, 0.2) is 5.75 Å². The first kappa shape index (κ1) is 13.9. The number of hydrogen-bond donors (Lipinski definition) is 1. The fraction of sp³-hybridized carbons (Fsp3) is 0.455. The summed E-state index contributed by atoms with van der Waals surface area (Å²) < 4.78 is 6.14. The maximum absolute atomic E-state index is 10.9. The molecule has 1 aromatic rings. The Hall–Kier alpha value is -1.14. The molecule has 0 aliphatic carbocycles. The van der Waals surface area contributed by atoms with E-state index in [1.165, 1.54) is 6.07 Å². The van der Waals surface area contributed by atoms with Crippen molar-refractivity contribution in [1.82, 2.24) is 5.32 Å². The van der Waals surface area contributed by atoms with Crippen LogP contribution in [0.25, 0.3) is 0 Å². The number of benzene rings is 1. The van der Waals surface area contributed by atoms with Gasteiger partial charge in [-0.15, -0.1) is 0 Å². The number of nitro groups is 1. The second-order valence-corrected chi connectivity index (χ2v) is 4.45. The van der Waals surface area contributed by atoms with Crippen LogP contribution >= 0.6 is 15.9 Å². The van der Waals surface area contributed by atoms with Crippen molar-refractivity contribution in [3.05, 3.63) is 32.3 Å². The molecule has 1 aromatic carbocycles.